The minimum Gasteiger partial charge on any atom is -0.376 e. The fourth-order valence-electron chi connectivity index (χ4n) is 2.22. The second-order valence-electron chi connectivity index (χ2n) is 4.55. The van der Waals surface area contributed by atoms with Crippen molar-refractivity contribution >= 4 is 22.6 Å². The Hall–Kier alpha value is -1.06. The van der Waals surface area contributed by atoms with Crippen molar-refractivity contribution in [3.05, 3.63) is 29.6 Å². The van der Waals surface area contributed by atoms with Gasteiger partial charge in [0.1, 0.15) is 5.82 Å². The van der Waals surface area contributed by atoms with Gasteiger partial charge in [-0.3, -0.25) is 0 Å². The summed E-state index contributed by atoms with van der Waals surface area (Å²) in [6.45, 7) is 3.84. The van der Waals surface area contributed by atoms with E-state index in [9.17, 15) is 0 Å². The van der Waals surface area contributed by atoms with Gasteiger partial charge < -0.3 is 9.30 Å². The smallest absolute Gasteiger partial charge is 0.124 e. The Morgan fingerprint density at radius 1 is 1.53 bits per heavy atom. The Morgan fingerprint density at radius 3 is 3.00 bits per heavy atom. The van der Waals surface area contributed by atoms with Crippen LogP contribution >= 0.6 is 11.6 Å². The summed E-state index contributed by atoms with van der Waals surface area (Å²) < 4.78 is 7.68. The van der Waals surface area contributed by atoms with Crippen LogP contribution < -0.4 is 0 Å². The molecule has 90 valence electrons. The average Bonchev–Trinajstić information content (AvgIpc) is 2.61. The number of fused-ring (bicyclic) bond motifs is 1. The maximum Gasteiger partial charge on any atom is 0.124 e. The molecule has 1 aliphatic heterocycles. The second kappa shape index (κ2) is 4.31. The molecule has 1 aliphatic rings. The Labute approximate surface area is 105 Å². The number of alkyl halides is 1. The Balaban J connectivity index is 2.07. The summed E-state index contributed by atoms with van der Waals surface area (Å²) in [6, 6.07) is 6.30. The molecular weight excluding hydrogens is 236 g/mol. The third-order valence-electron chi connectivity index (χ3n) is 3.28. The fraction of sp³-hybridized carbons (Fsp3) is 0.462. The maximum atomic E-state index is 5.96. The quantitative estimate of drug-likeness (QED) is 0.784. The highest BCUT2D eigenvalue weighted by Crippen LogP contribution is 2.22. The van der Waals surface area contributed by atoms with E-state index in [1.165, 1.54) is 5.56 Å². The zero-order chi connectivity index (χ0) is 11.8. The lowest BCUT2D eigenvalue weighted by atomic mass is 10.2. The molecule has 2 heterocycles. The minimum atomic E-state index is 0.329. The average molecular weight is 251 g/mol. The van der Waals surface area contributed by atoms with Crippen LogP contribution in [-0.4, -0.2) is 22.3 Å². The predicted octanol–water partition coefficient (Wildman–Crippen LogP) is 2.87. The van der Waals surface area contributed by atoms with Crippen LogP contribution in [0.25, 0.3) is 11.0 Å². The SMILES string of the molecule is Cc1ccc2nc(CCl)n(C[C@@H]3CCO3)c2c1. The summed E-state index contributed by atoms with van der Waals surface area (Å²) in [6.07, 6.45) is 1.46. The number of halogens is 1. The highest BCUT2D eigenvalue weighted by molar-refractivity contribution is 6.16. The van der Waals surface area contributed by atoms with Crippen LogP contribution in [0.5, 0.6) is 0 Å². The Morgan fingerprint density at radius 2 is 2.35 bits per heavy atom. The first-order valence-electron chi connectivity index (χ1n) is 5.91. The largest absolute Gasteiger partial charge is 0.376 e. The van der Waals surface area contributed by atoms with Gasteiger partial charge in [-0.1, -0.05) is 6.07 Å². The predicted molar refractivity (Wildman–Crippen MR) is 68.4 cm³/mol. The van der Waals surface area contributed by atoms with Crippen molar-refractivity contribution in [2.45, 2.75) is 31.9 Å². The molecular formula is C13H15ClN2O. The highest BCUT2D eigenvalue weighted by atomic mass is 35.5. The van der Waals surface area contributed by atoms with Crippen LogP contribution in [0.2, 0.25) is 0 Å². The van der Waals surface area contributed by atoms with Crippen molar-refractivity contribution in [2.75, 3.05) is 6.61 Å². The molecule has 3 nitrogen and oxygen atoms in total. The summed E-state index contributed by atoms with van der Waals surface area (Å²) in [4.78, 5) is 4.56. The molecule has 0 N–H and O–H groups in total. The molecule has 0 unspecified atom stereocenters. The number of benzene rings is 1. The van der Waals surface area contributed by atoms with Gasteiger partial charge in [-0.05, 0) is 31.0 Å². The number of hydrogen-bond acceptors (Lipinski definition) is 2. The first-order chi connectivity index (χ1) is 8.28. The molecule has 0 radical (unpaired) electrons. The van der Waals surface area contributed by atoms with Gasteiger partial charge in [0.2, 0.25) is 0 Å². The zero-order valence-corrected chi connectivity index (χ0v) is 10.6. The van der Waals surface area contributed by atoms with Crippen LogP contribution in [0.3, 0.4) is 0 Å². The van der Waals surface area contributed by atoms with Gasteiger partial charge in [0.15, 0.2) is 0 Å². The van der Waals surface area contributed by atoms with Gasteiger partial charge in [0.05, 0.1) is 29.6 Å². The standard InChI is InChI=1S/C13H15ClN2O/c1-9-2-3-11-12(6-9)16(13(7-14)15-11)8-10-4-5-17-10/h2-3,6,10H,4-5,7-8H2,1H3/t10-/m0/s1. The maximum absolute atomic E-state index is 5.96. The van der Waals surface area contributed by atoms with Gasteiger partial charge >= 0.3 is 0 Å². The first-order valence-corrected chi connectivity index (χ1v) is 6.44. The topological polar surface area (TPSA) is 27.1 Å². The van der Waals surface area contributed by atoms with Gasteiger partial charge in [-0.15, -0.1) is 11.6 Å². The summed E-state index contributed by atoms with van der Waals surface area (Å²) >= 11 is 5.96. The van der Waals surface area contributed by atoms with E-state index in [4.69, 9.17) is 16.3 Å². The van der Waals surface area contributed by atoms with Crippen LogP contribution in [0.1, 0.15) is 17.8 Å². The van der Waals surface area contributed by atoms with Crippen molar-refractivity contribution in [2.24, 2.45) is 0 Å². The number of imidazole rings is 1. The van der Waals surface area contributed by atoms with Crippen LogP contribution in [0, 0.1) is 6.92 Å². The number of ether oxygens (including phenoxy) is 1. The molecule has 0 spiro atoms. The van der Waals surface area contributed by atoms with Crippen molar-refractivity contribution in [3.63, 3.8) is 0 Å². The van der Waals surface area contributed by atoms with E-state index in [1.54, 1.807) is 0 Å². The van der Waals surface area contributed by atoms with E-state index in [0.29, 0.717) is 12.0 Å². The van der Waals surface area contributed by atoms with Gasteiger partial charge in [-0.25, -0.2) is 4.98 Å². The van der Waals surface area contributed by atoms with Crippen molar-refractivity contribution in [3.8, 4) is 0 Å². The normalized spacial score (nSPS) is 19.5. The molecule has 1 aromatic heterocycles. The lowest BCUT2D eigenvalue weighted by molar-refractivity contribution is -0.0589. The van der Waals surface area contributed by atoms with Crippen LogP contribution in [0.15, 0.2) is 18.2 Å². The molecule has 1 aromatic carbocycles. The number of aromatic nitrogens is 2. The number of hydrogen-bond donors (Lipinski definition) is 0. The van der Waals surface area contributed by atoms with Gasteiger partial charge in [0.25, 0.3) is 0 Å². The first kappa shape index (κ1) is 11.1. The Bertz CT molecular complexity index is 546. The number of rotatable bonds is 3. The van der Waals surface area contributed by atoms with Crippen LogP contribution in [-0.2, 0) is 17.2 Å². The molecule has 0 bridgehead atoms. The van der Waals surface area contributed by atoms with Crippen molar-refractivity contribution in [1.82, 2.24) is 9.55 Å². The highest BCUT2D eigenvalue weighted by Gasteiger charge is 2.21. The third kappa shape index (κ3) is 1.94. The summed E-state index contributed by atoms with van der Waals surface area (Å²) in [7, 11) is 0. The molecule has 0 amide bonds. The minimum absolute atomic E-state index is 0.329. The van der Waals surface area contributed by atoms with Crippen molar-refractivity contribution in [1.29, 1.82) is 0 Å². The molecule has 0 aliphatic carbocycles. The van der Waals surface area contributed by atoms with E-state index in [0.717, 1.165) is 36.4 Å². The monoisotopic (exact) mass is 250 g/mol. The molecule has 4 heteroatoms. The summed E-state index contributed by atoms with van der Waals surface area (Å²) in [5.74, 6) is 1.38. The Kier molecular flexibility index (Phi) is 2.81. The van der Waals surface area contributed by atoms with E-state index in [1.807, 2.05) is 0 Å². The molecule has 17 heavy (non-hydrogen) atoms. The second-order valence-corrected chi connectivity index (χ2v) is 4.81. The molecule has 0 saturated carbocycles. The molecule has 1 fully saturated rings. The molecule has 2 aromatic rings. The summed E-state index contributed by atoms with van der Waals surface area (Å²) in [5, 5.41) is 0. The van der Waals surface area contributed by atoms with Crippen LogP contribution in [0.4, 0.5) is 0 Å². The van der Waals surface area contributed by atoms with Gasteiger partial charge in [-0.2, -0.15) is 0 Å². The fourth-order valence-corrected chi connectivity index (χ4v) is 2.42. The summed E-state index contributed by atoms with van der Waals surface area (Å²) in [5.41, 5.74) is 3.43. The molecule has 3 rings (SSSR count). The van der Waals surface area contributed by atoms with E-state index >= 15 is 0 Å². The third-order valence-corrected chi connectivity index (χ3v) is 3.52. The van der Waals surface area contributed by atoms with E-state index in [2.05, 4.69) is 34.7 Å². The molecule has 1 saturated heterocycles. The zero-order valence-electron chi connectivity index (χ0n) is 9.82. The lowest BCUT2D eigenvalue weighted by Crippen LogP contribution is -2.31. The van der Waals surface area contributed by atoms with Gasteiger partial charge in [0, 0.05) is 6.61 Å². The molecule has 1 atom stereocenters. The number of aryl methyl sites for hydroxylation is 1. The van der Waals surface area contributed by atoms with E-state index in [-0.39, 0.29) is 0 Å². The number of nitrogens with zero attached hydrogens (tertiary/aromatic N) is 2. The lowest BCUT2D eigenvalue weighted by Gasteiger charge is -2.27. The van der Waals surface area contributed by atoms with E-state index < -0.39 is 0 Å². The van der Waals surface area contributed by atoms with Crippen molar-refractivity contribution < 1.29 is 4.74 Å².